The Balaban J connectivity index is 1.90. The number of nitrogens with one attached hydrogen (secondary N) is 1. The van der Waals surface area contributed by atoms with Crippen LogP contribution in [0.3, 0.4) is 0 Å². The number of hydrogen-bond donors (Lipinski definition) is 1. The van der Waals surface area contributed by atoms with Crippen molar-refractivity contribution in [3.8, 4) is 11.5 Å². The van der Waals surface area contributed by atoms with Crippen molar-refractivity contribution in [3.63, 3.8) is 0 Å². The quantitative estimate of drug-likeness (QED) is 0.849. The van der Waals surface area contributed by atoms with Gasteiger partial charge in [-0.05, 0) is 30.2 Å². The van der Waals surface area contributed by atoms with E-state index in [1.54, 1.807) is 0 Å². The van der Waals surface area contributed by atoms with Crippen LogP contribution < -0.4 is 14.8 Å². The van der Waals surface area contributed by atoms with Crippen molar-refractivity contribution >= 4 is 0 Å². The maximum Gasteiger partial charge on any atom is 0.161 e. The van der Waals surface area contributed by atoms with E-state index in [-0.39, 0.29) is 0 Å². The molecule has 1 aromatic rings. The minimum atomic E-state index is 0.332. The number of hydrogen-bond acceptors (Lipinski definition) is 3. The molecule has 2 atom stereocenters. The van der Waals surface area contributed by atoms with Crippen LogP contribution in [0.2, 0.25) is 0 Å². The van der Waals surface area contributed by atoms with E-state index in [4.69, 9.17) is 9.47 Å². The first kappa shape index (κ1) is 10.9. The molecule has 1 fully saturated rings. The van der Waals surface area contributed by atoms with Crippen molar-refractivity contribution < 1.29 is 9.47 Å². The molecule has 17 heavy (non-hydrogen) atoms. The summed E-state index contributed by atoms with van der Waals surface area (Å²) in [5, 5.41) is 3.39. The maximum absolute atomic E-state index is 5.63. The average molecular weight is 233 g/mol. The molecule has 1 heterocycles. The van der Waals surface area contributed by atoms with Crippen molar-refractivity contribution in [1.29, 1.82) is 0 Å². The molecule has 0 spiro atoms. The smallest absolute Gasteiger partial charge is 0.161 e. The normalized spacial score (nSPS) is 28.9. The fourth-order valence-corrected chi connectivity index (χ4v) is 3.05. The van der Waals surface area contributed by atoms with E-state index in [1.165, 1.54) is 5.56 Å². The number of ether oxygens (including phenoxy) is 2. The summed E-state index contributed by atoms with van der Waals surface area (Å²) >= 11 is 0. The Morgan fingerprint density at radius 2 is 1.88 bits per heavy atom. The van der Waals surface area contributed by atoms with E-state index < -0.39 is 0 Å². The number of likely N-dealkylation sites (N-methyl/N-ethyl adjacent to an activating group) is 1. The van der Waals surface area contributed by atoms with Crippen molar-refractivity contribution in [3.05, 3.63) is 23.8 Å². The van der Waals surface area contributed by atoms with Crippen LogP contribution in [0, 0.1) is 5.41 Å². The van der Waals surface area contributed by atoms with Gasteiger partial charge in [0.2, 0.25) is 0 Å². The van der Waals surface area contributed by atoms with E-state index in [0.29, 0.717) is 30.6 Å². The Bertz CT molecular complexity index is 442. The highest BCUT2D eigenvalue weighted by molar-refractivity contribution is 5.47. The molecule has 0 saturated heterocycles. The molecule has 3 heteroatoms. The van der Waals surface area contributed by atoms with Gasteiger partial charge in [0.15, 0.2) is 11.5 Å². The Hall–Kier alpha value is -1.22. The lowest BCUT2D eigenvalue weighted by molar-refractivity contribution is 0.171. The van der Waals surface area contributed by atoms with E-state index in [2.05, 4.69) is 31.3 Å². The van der Waals surface area contributed by atoms with Crippen molar-refractivity contribution in [2.45, 2.75) is 25.8 Å². The molecule has 1 aliphatic carbocycles. The lowest BCUT2D eigenvalue weighted by Crippen LogP contribution is -2.15. The van der Waals surface area contributed by atoms with Gasteiger partial charge in [0.05, 0.1) is 0 Å². The summed E-state index contributed by atoms with van der Waals surface area (Å²) in [6.07, 6.45) is 0. The summed E-state index contributed by atoms with van der Waals surface area (Å²) in [6, 6.07) is 6.89. The second kappa shape index (κ2) is 3.64. The van der Waals surface area contributed by atoms with Crippen LogP contribution in [0.1, 0.15) is 25.3 Å². The highest BCUT2D eigenvalue weighted by Crippen LogP contribution is 2.59. The van der Waals surface area contributed by atoms with Crippen LogP contribution in [0.5, 0.6) is 11.5 Å². The first-order chi connectivity index (χ1) is 8.14. The summed E-state index contributed by atoms with van der Waals surface area (Å²) in [6.45, 7) is 5.91. The molecule has 1 aromatic carbocycles. The van der Waals surface area contributed by atoms with E-state index in [1.807, 2.05) is 13.1 Å². The Morgan fingerprint density at radius 1 is 1.18 bits per heavy atom. The molecule has 0 radical (unpaired) electrons. The van der Waals surface area contributed by atoms with E-state index in [0.717, 1.165) is 11.5 Å². The fraction of sp³-hybridized carbons (Fsp3) is 0.571. The molecule has 92 valence electrons. The highest BCUT2D eigenvalue weighted by Gasteiger charge is 2.57. The zero-order valence-electron chi connectivity index (χ0n) is 10.6. The second-order valence-electron chi connectivity index (χ2n) is 5.47. The first-order valence-corrected chi connectivity index (χ1v) is 6.21. The summed E-state index contributed by atoms with van der Waals surface area (Å²) < 4.78 is 11.2. The predicted molar refractivity (Wildman–Crippen MR) is 66.8 cm³/mol. The fourth-order valence-electron chi connectivity index (χ4n) is 3.05. The van der Waals surface area contributed by atoms with Gasteiger partial charge in [-0.25, -0.2) is 0 Å². The third-order valence-corrected chi connectivity index (χ3v) is 4.06. The summed E-state index contributed by atoms with van der Waals surface area (Å²) in [5.41, 5.74) is 1.68. The first-order valence-electron chi connectivity index (χ1n) is 6.21. The third kappa shape index (κ3) is 1.61. The van der Waals surface area contributed by atoms with Crippen LogP contribution in [-0.2, 0) is 0 Å². The van der Waals surface area contributed by atoms with Gasteiger partial charge in [-0.3, -0.25) is 0 Å². The minimum absolute atomic E-state index is 0.332. The van der Waals surface area contributed by atoms with Crippen LogP contribution >= 0.6 is 0 Å². The second-order valence-corrected chi connectivity index (χ2v) is 5.47. The van der Waals surface area contributed by atoms with Gasteiger partial charge >= 0.3 is 0 Å². The highest BCUT2D eigenvalue weighted by atomic mass is 16.6. The van der Waals surface area contributed by atoms with E-state index >= 15 is 0 Å². The monoisotopic (exact) mass is 233 g/mol. The topological polar surface area (TPSA) is 30.5 Å². The van der Waals surface area contributed by atoms with Crippen LogP contribution in [-0.4, -0.2) is 26.3 Å². The number of benzene rings is 1. The SMILES string of the molecule is CNC1C(c2ccc3c(c2)OCCO3)C1(C)C. The van der Waals surface area contributed by atoms with Crippen LogP contribution in [0.15, 0.2) is 18.2 Å². The van der Waals surface area contributed by atoms with Gasteiger partial charge in [0.25, 0.3) is 0 Å². The molecular weight excluding hydrogens is 214 g/mol. The lowest BCUT2D eigenvalue weighted by Gasteiger charge is -2.19. The molecule has 0 amide bonds. The van der Waals surface area contributed by atoms with Crippen LogP contribution in [0.25, 0.3) is 0 Å². The van der Waals surface area contributed by atoms with Crippen molar-refractivity contribution in [2.75, 3.05) is 20.3 Å². The third-order valence-electron chi connectivity index (χ3n) is 4.06. The Labute approximate surface area is 102 Å². The molecule has 3 rings (SSSR count). The number of fused-ring (bicyclic) bond motifs is 1. The molecule has 1 aliphatic heterocycles. The molecular formula is C14H19NO2. The van der Waals surface area contributed by atoms with Crippen molar-refractivity contribution in [2.24, 2.45) is 5.41 Å². The van der Waals surface area contributed by atoms with E-state index in [9.17, 15) is 0 Å². The largest absolute Gasteiger partial charge is 0.486 e. The summed E-state index contributed by atoms with van der Waals surface area (Å²) in [5.74, 6) is 2.34. The van der Waals surface area contributed by atoms with Gasteiger partial charge in [0.1, 0.15) is 13.2 Å². The summed E-state index contributed by atoms with van der Waals surface area (Å²) in [7, 11) is 2.03. The lowest BCUT2D eigenvalue weighted by atomic mass is 10.0. The predicted octanol–water partition coefficient (Wildman–Crippen LogP) is 2.17. The van der Waals surface area contributed by atoms with Crippen LogP contribution in [0.4, 0.5) is 0 Å². The van der Waals surface area contributed by atoms with Crippen molar-refractivity contribution in [1.82, 2.24) is 5.32 Å². The zero-order valence-corrected chi connectivity index (χ0v) is 10.6. The Morgan fingerprint density at radius 3 is 2.53 bits per heavy atom. The van der Waals surface area contributed by atoms with Gasteiger partial charge in [-0.2, -0.15) is 0 Å². The Kier molecular flexibility index (Phi) is 2.33. The van der Waals surface area contributed by atoms with Gasteiger partial charge in [-0.15, -0.1) is 0 Å². The molecule has 3 nitrogen and oxygen atoms in total. The minimum Gasteiger partial charge on any atom is -0.486 e. The van der Waals surface area contributed by atoms with Gasteiger partial charge in [-0.1, -0.05) is 19.9 Å². The zero-order chi connectivity index (χ0) is 12.0. The molecule has 0 bridgehead atoms. The average Bonchev–Trinajstić information content (AvgIpc) is 2.90. The maximum atomic E-state index is 5.63. The number of rotatable bonds is 2. The molecule has 2 aliphatic rings. The molecule has 1 saturated carbocycles. The molecule has 0 aromatic heterocycles. The standard InChI is InChI=1S/C14H19NO2/c1-14(2)12(13(14)15-3)9-4-5-10-11(8-9)17-7-6-16-10/h4-5,8,12-13,15H,6-7H2,1-3H3. The van der Waals surface area contributed by atoms with Gasteiger partial charge in [0, 0.05) is 12.0 Å². The molecule has 1 N–H and O–H groups in total. The molecule has 2 unspecified atom stereocenters. The van der Waals surface area contributed by atoms with Gasteiger partial charge < -0.3 is 14.8 Å². The summed E-state index contributed by atoms with van der Waals surface area (Å²) in [4.78, 5) is 0.